The van der Waals surface area contributed by atoms with Gasteiger partial charge in [0.15, 0.2) is 0 Å². The molecule has 1 aromatic carbocycles. The monoisotopic (exact) mass is 249 g/mol. The summed E-state index contributed by atoms with van der Waals surface area (Å²) in [4.78, 5) is 0. The summed E-state index contributed by atoms with van der Waals surface area (Å²) in [5.41, 5.74) is 8.58. The van der Waals surface area contributed by atoms with E-state index in [9.17, 15) is 0 Å². The third kappa shape index (κ3) is 2.68. The van der Waals surface area contributed by atoms with E-state index in [0.717, 1.165) is 31.5 Å². The molecule has 17 heavy (non-hydrogen) atoms. The molecule has 0 fully saturated rings. The lowest BCUT2D eigenvalue weighted by Crippen LogP contribution is -2.20. The van der Waals surface area contributed by atoms with Gasteiger partial charge in [0.2, 0.25) is 0 Å². The van der Waals surface area contributed by atoms with Crippen LogP contribution in [0.15, 0.2) is 29.8 Å². The number of nitrogens with one attached hydrogen (secondary N) is 2. The van der Waals surface area contributed by atoms with Crippen LogP contribution in [0.2, 0.25) is 5.02 Å². The average molecular weight is 250 g/mol. The van der Waals surface area contributed by atoms with Crippen molar-refractivity contribution in [2.24, 2.45) is 0 Å². The van der Waals surface area contributed by atoms with Gasteiger partial charge in [-0.1, -0.05) is 29.8 Å². The van der Waals surface area contributed by atoms with Gasteiger partial charge >= 0.3 is 0 Å². The molecule has 90 valence electrons. The van der Waals surface area contributed by atoms with E-state index >= 15 is 0 Å². The quantitative estimate of drug-likeness (QED) is 0.557. The van der Waals surface area contributed by atoms with Gasteiger partial charge in [-0.05, 0) is 31.0 Å². The van der Waals surface area contributed by atoms with Crippen LogP contribution in [-0.2, 0) is 0 Å². The SMILES string of the molecule is N=C(C1=CCCCNC1)c1cccc(Cl)c1N. The van der Waals surface area contributed by atoms with Gasteiger partial charge in [-0.2, -0.15) is 0 Å². The molecule has 0 saturated heterocycles. The molecule has 1 heterocycles. The molecule has 0 unspecified atom stereocenters. The summed E-state index contributed by atoms with van der Waals surface area (Å²) < 4.78 is 0. The van der Waals surface area contributed by atoms with Crippen molar-refractivity contribution in [3.63, 3.8) is 0 Å². The Labute approximate surface area is 106 Å². The molecule has 1 aliphatic rings. The Bertz CT molecular complexity index is 466. The van der Waals surface area contributed by atoms with E-state index in [-0.39, 0.29) is 0 Å². The smallest absolute Gasteiger partial charge is 0.0675 e. The standard InChI is InChI=1S/C13H16ClN3/c14-11-6-3-5-10(13(11)16)12(15)9-4-1-2-7-17-8-9/h3-6,15,17H,1-2,7-8,16H2. The lowest BCUT2D eigenvalue weighted by Gasteiger charge is -2.11. The third-order valence-electron chi connectivity index (χ3n) is 2.91. The van der Waals surface area contributed by atoms with Crippen LogP contribution in [0.25, 0.3) is 0 Å². The molecule has 4 N–H and O–H groups in total. The largest absolute Gasteiger partial charge is 0.397 e. The molecule has 0 spiro atoms. The number of hydrogen-bond donors (Lipinski definition) is 3. The number of halogens is 1. The van der Waals surface area contributed by atoms with E-state index in [1.165, 1.54) is 0 Å². The summed E-state index contributed by atoms with van der Waals surface area (Å²) >= 11 is 5.97. The maximum absolute atomic E-state index is 8.21. The zero-order chi connectivity index (χ0) is 12.3. The number of hydrogen-bond acceptors (Lipinski definition) is 3. The van der Waals surface area contributed by atoms with Crippen LogP contribution in [0, 0.1) is 5.41 Å². The zero-order valence-corrected chi connectivity index (χ0v) is 10.3. The number of benzene rings is 1. The van der Waals surface area contributed by atoms with Crippen molar-refractivity contribution in [2.45, 2.75) is 12.8 Å². The first-order valence-electron chi connectivity index (χ1n) is 5.73. The second-order valence-electron chi connectivity index (χ2n) is 4.12. The Morgan fingerprint density at radius 3 is 3.06 bits per heavy atom. The zero-order valence-electron chi connectivity index (χ0n) is 9.59. The minimum absolute atomic E-state index is 0.472. The fraction of sp³-hybridized carbons (Fsp3) is 0.308. The van der Waals surface area contributed by atoms with Crippen LogP contribution in [-0.4, -0.2) is 18.8 Å². The van der Waals surface area contributed by atoms with Crippen molar-refractivity contribution in [3.8, 4) is 0 Å². The molecule has 0 aliphatic carbocycles. The maximum atomic E-state index is 8.21. The van der Waals surface area contributed by atoms with E-state index in [4.69, 9.17) is 22.7 Å². The van der Waals surface area contributed by atoms with Crippen molar-refractivity contribution in [1.29, 1.82) is 5.41 Å². The lowest BCUT2D eigenvalue weighted by molar-refractivity contribution is 0.718. The topological polar surface area (TPSA) is 61.9 Å². The first-order valence-corrected chi connectivity index (χ1v) is 6.11. The number of rotatable bonds is 2. The van der Waals surface area contributed by atoms with Crippen molar-refractivity contribution in [3.05, 3.63) is 40.4 Å². The summed E-state index contributed by atoms with van der Waals surface area (Å²) in [5, 5.41) is 12.0. The first-order chi connectivity index (χ1) is 8.20. The van der Waals surface area contributed by atoms with Gasteiger partial charge in [-0.25, -0.2) is 0 Å². The first kappa shape index (κ1) is 12.1. The highest BCUT2D eigenvalue weighted by molar-refractivity contribution is 6.34. The number of nitrogen functional groups attached to an aromatic ring is 1. The second-order valence-corrected chi connectivity index (χ2v) is 4.53. The molecule has 4 heteroatoms. The Morgan fingerprint density at radius 1 is 1.41 bits per heavy atom. The number of allylic oxidation sites excluding steroid dienone is 1. The van der Waals surface area contributed by atoms with Crippen LogP contribution in [0.4, 0.5) is 5.69 Å². The molecule has 0 radical (unpaired) electrons. The van der Waals surface area contributed by atoms with Crippen LogP contribution < -0.4 is 11.1 Å². The van der Waals surface area contributed by atoms with Crippen LogP contribution >= 0.6 is 11.6 Å². The highest BCUT2D eigenvalue weighted by Gasteiger charge is 2.13. The van der Waals surface area contributed by atoms with E-state index < -0.39 is 0 Å². The van der Waals surface area contributed by atoms with Crippen LogP contribution in [0.3, 0.4) is 0 Å². The molecule has 2 rings (SSSR count). The van der Waals surface area contributed by atoms with Gasteiger partial charge in [-0.3, -0.25) is 5.41 Å². The average Bonchev–Trinajstić information content (AvgIpc) is 2.60. The van der Waals surface area contributed by atoms with Crippen LogP contribution in [0.5, 0.6) is 0 Å². The minimum atomic E-state index is 0.472. The normalized spacial score (nSPS) is 16.2. The van der Waals surface area contributed by atoms with Gasteiger partial charge in [0.1, 0.15) is 0 Å². The molecule has 0 saturated carbocycles. The highest BCUT2D eigenvalue weighted by atomic mass is 35.5. The molecule has 0 atom stereocenters. The predicted molar refractivity (Wildman–Crippen MR) is 72.9 cm³/mol. The Hall–Kier alpha value is -1.32. The van der Waals surface area contributed by atoms with Crippen molar-refractivity contribution < 1.29 is 0 Å². The summed E-state index contributed by atoms with van der Waals surface area (Å²) in [6.45, 7) is 1.73. The number of para-hydroxylation sites is 1. The Kier molecular flexibility index (Phi) is 3.82. The minimum Gasteiger partial charge on any atom is -0.397 e. The fourth-order valence-electron chi connectivity index (χ4n) is 1.92. The predicted octanol–water partition coefficient (Wildman–Crippen LogP) is 2.60. The maximum Gasteiger partial charge on any atom is 0.0675 e. The molecule has 1 aliphatic heterocycles. The molecular weight excluding hydrogens is 234 g/mol. The molecular formula is C13H16ClN3. The van der Waals surface area contributed by atoms with Gasteiger partial charge in [0.25, 0.3) is 0 Å². The highest BCUT2D eigenvalue weighted by Crippen LogP contribution is 2.24. The van der Waals surface area contributed by atoms with E-state index in [0.29, 0.717) is 22.0 Å². The van der Waals surface area contributed by atoms with E-state index in [2.05, 4.69) is 11.4 Å². The van der Waals surface area contributed by atoms with Crippen LogP contribution in [0.1, 0.15) is 18.4 Å². The Balaban J connectivity index is 2.30. The molecule has 0 amide bonds. The molecule has 0 bridgehead atoms. The third-order valence-corrected chi connectivity index (χ3v) is 3.24. The number of anilines is 1. The van der Waals surface area contributed by atoms with Gasteiger partial charge in [0, 0.05) is 12.1 Å². The van der Waals surface area contributed by atoms with Crippen molar-refractivity contribution in [2.75, 3.05) is 18.8 Å². The van der Waals surface area contributed by atoms with Crippen molar-refractivity contribution in [1.82, 2.24) is 5.32 Å². The summed E-state index contributed by atoms with van der Waals surface area (Å²) in [7, 11) is 0. The van der Waals surface area contributed by atoms with Gasteiger partial charge in [-0.15, -0.1) is 0 Å². The van der Waals surface area contributed by atoms with Gasteiger partial charge in [0.05, 0.1) is 16.4 Å². The van der Waals surface area contributed by atoms with E-state index in [1.807, 2.05) is 12.1 Å². The van der Waals surface area contributed by atoms with Gasteiger partial charge < -0.3 is 11.1 Å². The molecule has 3 nitrogen and oxygen atoms in total. The number of nitrogens with two attached hydrogens (primary N) is 1. The molecule has 0 aromatic heterocycles. The van der Waals surface area contributed by atoms with E-state index in [1.54, 1.807) is 6.07 Å². The lowest BCUT2D eigenvalue weighted by atomic mass is 10.00. The summed E-state index contributed by atoms with van der Waals surface area (Å²) in [6.07, 6.45) is 4.23. The Morgan fingerprint density at radius 2 is 2.24 bits per heavy atom. The van der Waals surface area contributed by atoms with Crippen molar-refractivity contribution >= 4 is 23.0 Å². The summed E-state index contributed by atoms with van der Waals surface area (Å²) in [6, 6.07) is 5.41. The fourth-order valence-corrected chi connectivity index (χ4v) is 2.09. The molecule has 1 aromatic rings. The summed E-state index contributed by atoms with van der Waals surface area (Å²) in [5.74, 6) is 0. The second kappa shape index (κ2) is 5.34.